The molecule has 0 aliphatic carbocycles. The van der Waals surface area contributed by atoms with Crippen LogP contribution in [0.25, 0.3) is 22.4 Å². The maximum Gasteiger partial charge on any atom is 0.290 e. The van der Waals surface area contributed by atoms with Crippen LogP contribution in [-0.2, 0) is 27.1 Å². The molecule has 0 saturated carbocycles. The number of pyridine rings is 1. The number of rotatable bonds is 7. The van der Waals surface area contributed by atoms with Crippen LogP contribution in [0.4, 0.5) is 0 Å². The highest BCUT2D eigenvalue weighted by Crippen LogP contribution is 2.23. The second-order valence-electron chi connectivity index (χ2n) is 7.87. The van der Waals surface area contributed by atoms with Gasteiger partial charge in [0.1, 0.15) is 20.1 Å². The lowest BCUT2D eigenvalue weighted by atomic mass is 10.1. The van der Waals surface area contributed by atoms with Gasteiger partial charge in [0.15, 0.2) is 22.9 Å². The molecule has 144 valence electrons. The molecule has 3 aromatic rings. The summed E-state index contributed by atoms with van der Waals surface area (Å²) in [4.78, 5) is 0. The van der Waals surface area contributed by atoms with E-state index in [4.69, 9.17) is 0 Å². The Bertz CT molecular complexity index is 935. The van der Waals surface area contributed by atoms with Gasteiger partial charge < -0.3 is 4.48 Å². The second kappa shape index (κ2) is 7.81. The van der Waals surface area contributed by atoms with Crippen molar-refractivity contribution < 1.29 is 13.6 Å². The van der Waals surface area contributed by atoms with Crippen molar-refractivity contribution in [3.05, 3.63) is 48.3 Å². The lowest BCUT2D eigenvalue weighted by Crippen LogP contribution is -2.45. The molecule has 0 fully saturated rings. The monoisotopic (exact) mass is 367 g/mol. The van der Waals surface area contributed by atoms with Crippen molar-refractivity contribution >= 4 is 11.0 Å². The number of hydrogen-bond donors (Lipinski definition) is 0. The molecule has 0 bridgehead atoms. The number of fused-ring (bicyclic) bond motifs is 1. The van der Waals surface area contributed by atoms with Gasteiger partial charge in [0, 0.05) is 18.6 Å². The van der Waals surface area contributed by atoms with Crippen molar-refractivity contribution in [1.29, 1.82) is 0 Å². The highest BCUT2D eigenvalue weighted by Gasteiger charge is 2.27. The predicted octanol–water partition coefficient (Wildman–Crippen LogP) is 3.01. The van der Waals surface area contributed by atoms with Gasteiger partial charge in [-0.3, -0.25) is 0 Å². The van der Waals surface area contributed by atoms with E-state index in [0.29, 0.717) is 0 Å². The number of likely N-dealkylation sites (N-methyl/N-ethyl adjacent to an activating group) is 1. The summed E-state index contributed by atoms with van der Waals surface area (Å²) >= 11 is 0. The number of aryl methyl sites for hydroxylation is 3. The van der Waals surface area contributed by atoms with Gasteiger partial charge in [-0.1, -0.05) is 19.1 Å². The number of quaternary nitrogens is 1. The highest BCUT2D eigenvalue weighted by atomic mass is 15.3. The highest BCUT2D eigenvalue weighted by molar-refractivity contribution is 5.76. The zero-order chi connectivity index (χ0) is 19.6. The van der Waals surface area contributed by atoms with E-state index in [9.17, 15) is 0 Å². The maximum atomic E-state index is 2.52. The van der Waals surface area contributed by atoms with Crippen LogP contribution in [-0.4, -0.2) is 35.7 Å². The lowest BCUT2D eigenvalue weighted by Gasteiger charge is -2.31. The first-order valence-electron chi connectivity index (χ1n) is 10.2. The van der Waals surface area contributed by atoms with Gasteiger partial charge >= 0.3 is 0 Å². The molecule has 3 rings (SSSR count). The Balaban J connectivity index is 2.15. The zero-order valence-corrected chi connectivity index (χ0v) is 17.9. The van der Waals surface area contributed by atoms with Gasteiger partial charge in [0.2, 0.25) is 0 Å². The molecule has 0 saturated heterocycles. The number of imidazole rings is 1. The maximum absolute atomic E-state index is 2.52. The molecule has 0 aliphatic rings. The van der Waals surface area contributed by atoms with E-state index in [2.05, 4.69) is 98.2 Å². The first-order chi connectivity index (χ1) is 12.9. The molecule has 0 N–H and O–H groups in total. The van der Waals surface area contributed by atoms with Crippen LogP contribution in [0.5, 0.6) is 0 Å². The summed E-state index contributed by atoms with van der Waals surface area (Å²) in [5.74, 6) is 1.30. The molecular weight excluding hydrogens is 332 g/mol. The van der Waals surface area contributed by atoms with E-state index in [0.717, 1.165) is 37.1 Å². The summed E-state index contributed by atoms with van der Waals surface area (Å²) in [6.07, 6.45) is 3.23. The number of aromatic nitrogens is 3. The quantitative estimate of drug-likeness (QED) is 0.450. The fourth-order valence-corrected chi connectivity index (χ4v) is 3.95. The number of nitrogens with zero attached hydrogens (tertiary/aromatic N) is 4. The summed E-state index contributed by atoms with van der Waals surface area (Å²) in [5, 5.41) is 0. The van der Waals surface area contributed by atoms with E-state index in [1.807, 2.05) is 0 Å². The van der Waals surface area contributed by atoms with E-state index >= 15 is 0 Å². The Morgan fingerprint density at radius 1 is 1.00 bits per heavy atom. The fourth-order valence-electron chi connectivity index (χ4n) is 3.95. The molecule has 0 spiro atoms. The molecule has 27 heavy (non-hydrogen) atoms. The molecule has 0 aliphatic heterocycles. The van der Waals surface area contributed by atoms with Crippen LogP contribution < -0.4 is 9.13 Å². The minimum atomic E-state index is 1.03. The average Bonchev–Trinajstić information content (AvgIpc) is 2.99. The Labute approximate surface area is 163 Å². The van der Waals surface area contributed by atoms with Crippen molar-refractivity contribution in [3.8, 4) is 11.4 Å². The van der Waals surface area contributed by atoms with Gasteiger partial charge in [0.05, 0.1) is 32.7 Å². The molecule has 2 heterocycles. The van der Waals surface area contributed by atoms with Gasteiger partial charge in [0.25, 0.3) is 5.82 Å². The van der Waals surface area contributed by atoms with Crippen molar-refractivity contribution in [2.45, 2.75) is 33.7 Å². The number of hydrogen-bond acceptors (Lipinski definition) is 0. The normalized spacial score (nSPS) is 12.1. The Kier molecular flexibility index (Phi) is 5.66. The zero-order valence-electron chi connectivity index (χ0n) is 17.9. The van der Waals surface area contributed by atoms with Gasteiger partial charge in [-0.25, -0.2) is 13.7 Å². The van der Waals surface area contributed by atoms with Crippen LogP contribution in [0, 0.1) is 0 Å². The summed E-state index contributed by atoms with van der Waals surface area (Å²) < 4.78 is 8.19. The summed E-state index contributed by atoms with van der Waals surface area (Å²) in [6.45, 7) is 11.3. The van der Waals surface area contributed by atoms with Crippen molar-refractivity contribution in [2.24, 2.45) is 14.1 Å². The third-order valence-electron chi connectivity index (χ3n) is 6.37. The Hall–Kier alpha value is -2.20. The van der Waals surface area contributed by atoms with Gasteiger partial charge in [-0.2, -0.15) is 0 Å². The van der Waals surface area contributed by atoms with Crippen LogP contribution >= 0.6 is 0 Å². The van der Waals surface area contributed by atoms with Crippen molar-refractivity contribution in [2.75, 3.05) is 26.7 Å². The minimum Gasteiger partial charge on any atom is -0.323 e. The first-order valence-corrected chi connectivity index (χ1v) is 10.2. The second-order valence-corrected chi connectivity index (χ2v) is 7.87. The SMILES string of the molecule is CCc1cc(-c2n(CC[N+](C)(CC)CC)c3ccccc3[n+]2C)cc[n+]1C. The lowest BCUT2D eigenvalue weighted by molar-refractivity contribution is -0.906. The van der Waals surface area contributed by atoms with E-state index < -0.39 is 0 Å². The third-order valence-corrected chi connectivity index (χ3v) is 6.37. The van der Waals surface area contributed by atoms with Crippen LogP contribution in [0.2, 0.25) is 0 Å². The number of benzene rings is 1. The topological polar surface area (TPSA) is 12.7 Å². The Morgan fingerprint density at radius 3 is 2.37 bits per heavy atom. The molecule has 4 nitrogen and oxygen atoms in total. The molecule has 0 unspecified atom stereocenters. The first kappa shape index (κ1) is 19.6. The minimum absolute atomic E-state index is 1.03. The molecule has 0 atom stereocenters. The van der Waals surface area contributed by atoms with Gasteiger partial charge in [-0.15, -0.1) is 0 Å². The molecular formula is C23H35N4+3. The predicted molar refractivity (Wildman–Crippen MR) is 111 cm³/mol. The Morgan fingerprint density at radius 2 is 1.70 bits per heavy atom. The molecule has 1 aromatic carbocycles. The molecule has 2 aromatic heterocycles. The van der Waals surface area contributed by atoms with Crippen molar-refractivity contribution in [1.82, 2.24) is 4.57 Å². The molecule has 4 heteroatoms. The van der Waals surface area contributed by atoms with Crippen molar-refractivity contribution in [3.63, 3.8) is 0 Å². The third kappa shape index (κ3) is 3.63. The van der Waals surface area contributed by atoms with Crippen LogP contribution in [0.15, 0.2) is 42.6 Å². The summed E-state index contributed by atoms with van der Waals surface area (Å²) in [6, 6.07) is 13.4. The summed E-state index contributed by atoms with van der Waals surface area (Å²) in [7, 11) is 6.69. The fraction of sp³-hybridized carbons (Fsp3) is 0.478. The average molecular weight is 368 g/mol. The van der Waals surface area contributed by atoms with E-state index in [1.165, 1.54) is 28.1 Å². The molecule has 0 amide bonds. The largest absolute Gasteiger partial charge is 0.323 e. The molecule has 0 radical (unpaired) electrons. The van der Waals surface area contributed by atoms with Crippen LogP contribution in [0.1, 0.15) is 26.5 Å². The number of para-hydroxylation sites is 2. The smallest absolute Gasteiger partial charge is 0.290 e. The van der Waals surface area contributed by atoms with E-state index in [-0.39, 0.29) is 0 Å². The summed E-state index contributed by atoms with van der Waals surface area (Å²) in [5.41, 5.74) is 5.26. The standard InChI is InChI=1S/C23H35N4/c1-7-20-18-19(14-15-24(20)4)23-25(5)21-12-10-11-13-22(21)26(23)16-17-27(6,8-2)9-3/h10-15,18H,7-9,16-17H2,1-6H3/q+3. The van der Waals surface area contributed by atoms with Crippen LogP contribution in [0.3, 0.4) is 0 Å². The van der Waals surface area contributed by atoms with Gasteiger partial charge in [-0.05, 0) is 26.0 Å². The van der Waals surface area contributed by atoms with E-state index in [1.54, 1.807) is 0 Å².